The summed E-state index contributed by atoms with van der Waals surface area (Å²) in [6.45, 7) is 0. The van der Waals surface area contributed by atoms with Gasteiger partial charge in [0.05, 0.1) is 0 Å². The van der Waals surface area contributed by atoms with Gasteiger partial charge in [-0.1, -0.05) is 38.5 Å². The predicted octanol–water partition coefficient (Wildman–Crippen LogP) is 4.62. The highest BCUT2D eigenvalue weighted by molar-refractivity contribution is 7.89. The molecule has 0 amide bonds. The summed E-state index contributed by atoms with van der Waals surface area (Å²) in [7, 11) is -3.96. The molecule has 2 aliphatic carbocycles. The topological polar surface area (TPSA) is 37.4 Å². The Bertz CT molecular complexity index is 648. The molecule has 2 saturated carbocycles. The van der Waals surface area contributed by atoms with E-state index in [1.807, 2.05) is 0 Å². The maximum atomic E-state index is 14.2. The van der Waals surface area contributed by atoms with E-state index in [1.165, 1.54) is 0 Å². The lowest BCUT2D eigenvalue weighted by molar-refractivity contribution is 0.169. The molecule has 1 aromatic rings. The van der Waals surface area contributed by atoms with Crippen molar-refractivity contribution in [1.29, 1.82) is 0 Å². The first-order valence-electron chi connectivity index (χ1n) is 8.99. The average Bonchev–Trinajstić information content (AvgIpc) is 2.56. The van der Waals surface area contributed by atoms with Crippen LogP contribution in [0.4, 0.5) is 8.78 Å². The van der Waals surface area contributed by atoms with Crippen LogP contribution in [0.15, 0.2) is 23.1 Å². The van der Waals surface area contributed by atoms with Crippen LogP contribution in [0.2, 0.25) is 0 Å². The van der Waals surface area contributed by atoms with Crippen LogP contribution in [0.3, 0.4) is 0 Å². The summed E-state index contributed by atoms with van der Waals surface area (Å²) in [6.07, 6.45) is 9.61. The fourth-order valence-corrected chi connectivity index (χ4v) is 6.14. The van der Waals surface area contributed by atoms with E-state index in [0.717, 1.165) is 76.3 Å². The number of rotatable bonds is 4. The van der Waals surface area contributed by atoms with Crippen LogP contribution in [0, 0.1) is 11.6 Å². The number of nitrogens with zero attached hydrogens (tertiary/aromatic N) is 1. The number of hydrogen-bond donors (Lipinski definition) is 0. The molecule has 0 N–H and O–H groups in total. The van der Waals surface area contributed by atoms with Crippen molar-refractivity contribution in [3.05, 3.63) is 29.8 Å². The van der Waals surface area contributed by atoms with Crippen molar-refractivity contribution in [1.82, 2.24) is 4.31 Å². The van der Waals surface area contributed by atoms with Crippen LogP contribution in [0.5, 0.6) is 0 Å². The van der Waals surface area contributed by atoms with Crippen molar-refractivity contribution < 1.29 is 17.2 Å². The third-order valence-electron chi connectivity index (χ3n) is 5.32. The first-order chi connectivity index (χ1) is 11.5. The quantitative estimate of drug-likeness (QED) is 0.788. The van der Waals surface area contributed by atoms with Crippen LogP contribution < -0.4 is 0 Å². The lowest BCUT2D eigenvalue weighted by atomic mass is 9.91. The number of sulfonamides is 1. The van der Waals surface area contributed by atoms with E-state index in [9.17, 15) is 17.2 Å². The summed E-state index contributed by atoms with van der Waals surface area (Å²) in [6, 6.07) is 2.63. The van der Waals surface area contributed by atoms with Gasteiger partial charge in [0.1, 0.15) is 16.5 Å². The van der Waals surface area contributed by atoms with Crippen LogP contribution in [0.1, 0.15) is 64.2 Å². The Kier molecular flexibility index (Phi) is 5.55. The lowest BCUT2D eigenvalue weighted by Crippen LogP contribution is -2.48. The highest BCUT2D eigenvalue weighted by Gasteiger charge is 2.39. The molecule has 134 valence electrons. The summed E-state index contributed by atoms with van der Waals surface area (Å²) in [4.78, 5) is -0.389. The standard InChI is InChI=1S/C18H25F2NO2S/c19-14-11-12-18(17(20)13-14)24(22,23)21(15-7-3-1-4-8-15)16-9-5-2-6-10-16/h11-13,15-16H,1-10H2. The molecular formula is C18H25F2NO2S. The van der Waals surface area contributed by atoms with Crippen LogP contribution in [0.25, 0.3) is 0 Å². The minimum Gasteiger partial charge on any atom is -0.207 e. The molecule has 1 aromatic carbocycles. The highest BCUT2D eigenvalue weighted by atomic mass is 32.2. The molecule has 2 aliphatic rings. The van der Waals surface area contributed by atoms with Gasteiger partial charge in [-0.3, -0.25) is 0 Å². The summed E-state index contributed by atoms with van der Waals surface area (Å²) >= 11 is 0. The molecule has 2 fully saturated rings. The van der Waals surface area contributed by atoms with Crippen molar-refractivity contribution in [2.75, 3.05) is 0 Å². The normalized spacial score (nSPS) is 21.3. The molecule has 0 atom stereocenters. The first-order valence-corrected chi connectivity index (χ1v) is 10.4. The van der Waals surface area contributed by atoms with Crippen molar-refractivity contribution >= 4 is 10.0 Å². The highest BCUT2D eigenvalue weighted by Crippen LogP contribution is 2.35. The summed E-state index contributed by atoms with van der Waals surface area (Å²) in [5.41, 5.74) is 0. The van der Waals surface area contributed by atoms with Crippen molar-refractivity contribution in [2.45, 2.75) is 81.2 Å². The number of hydrogen-bond acceptors (Lipinski definition) is 2. The van der Waals surface area contributed by atoms with Crippen molar-refractivity contribution in [2.24, 2.45) is 0 Å². The minimum absolute atomic E-state index is 0.0590. The molecule has 0 spiro atoms. The van der Waals surface area contributed by atoms with Gasteiger partial charge in [-0.15, -0.1) is 0 Å². The molecular weight excluding hydrogens is 332 g/mol. The number of halogens is 2. The third kappa shape index (κ3) is 3.64. The molecule has 0 bridgehead atoms. The number of benzene rings is 1. The minimum atomic E-state index is -3.96. The van der Waals surface area contributed by atoms with Gasteiger partial charge in [-0.25, -0.2) is 17.2 Å². The average molecular weight is 357 g/mol. The fraction of sp³-hybridized carbons (Fsp3) is 0.667. The van der Waals surface area contributed by atoms with E-state index in [-0.39, 0.29) is 17.0 Å². The Balaban J connectivity index is 1.98. The van der Waals surface area contributed by atoms with Crippen LogP contribution >= 0.6 is 0 Å². The molecule has 0 saturated heterocycles. The monoisotopic (exact) mass is 357 g/mol. The summed E-state index contributed by atoms with van der Waals surface area (Å²) < 4.78 is 55.4. The molecule has 3 rings (SSSR count). The van der Waals surface area contributed by atoms with Crippen molar-refractivity contribution in [3.8, 4) is 0 Å². The van der Waals surface area contributed by atoms with Gasteiger partial charge in [-0.05, 0) is 37.8 Å². The zero-order valence-corrected chi connectivity index (χ0v) is 14.7. The largest absolute Gasteiger partial charge is 0.246 e. The molecule has 0 unspecified atom stereocenters. The molecule has 24 heavy (non-hydrogen) atoms. The second-order valence-electron chi connectivity index (χ2n) is 6.99. The van der Waals surface area contributed by atoms with Crippen molar-refractivity contribution in [3.63, 3.8) is 0 Å². The van der Waals surface area contributed by atoms with Gasteiger partial charge in [0, 0.05) is 18.2 Å². The Hall–Kier alpha value is -1.01. The molecule has 3 nitrogen and oxygen atoms in total. The SMILES string of the molecule is O=S(=O)(c1ccc(F)cc1F)N(C1CCCCC1)C1CCCCC1. The second-order valence-corrected chi connectivity index (χ2v) is 8.80. The lowest BCUT2D eigenvalue weighted by Gasteiger charge is -2.40. The zero-order chi connectivity index (χ0) is 17.2. The van der Waals surface area contributed by atoms with E-state index < -0.39 is 21.7 Å². The Labute approximate surface area is 143 Å². The third-order valence-corrected chi connectivity index (χ3v) is 7.36. The molecule has 6 heteroatoms. The first kappa shape index (κ1) is 17.8. The Morgan fingerprint density at radius 2 is 1.33 bits per heavy atom. The van der Waals surface area contributed by atoms with E-state index in [4.69, 9.17) is 0 Å². The van der Waals surface area contributed by atoms with E-state index in [0.29, 0.717) is 6.07 Å². The smallest absolute Gasteiger partial charge is 0.207 e. The van der Waals surface area contributed by atoms with Gasteiger partial charge in [0.2, 0.25) is 10.0 Å². The summed E-state index contributed by atoms with van der Waals surface area (Å²) in [5, 5.41) is 0. The molecule has 0 radical (unpaired) electrons. The van der Waals surface area contributed by atoms with E-state index in [2.05, 4.69) is 0 Å². The van der Waals surface area contributed by atoms with Crippen LogP contribution in [-0.2, 0) is 10.0 Å². The Morgan fingerprint density at radius 3 is 1.79 bits per heavy atom. The van der Waals surface area contributed by atoms with Gasteiger partial charge >= 0.3 is 0 Å². The van der Waals surface area contributed by atoms with Gasteiger partial charge in [-0.2, -0.15) is 4.31 Å². The zero-order valence-electron chi connectivity index (χ0n) is 13.9. The molecule has 0 heterocycles. The van der Waals surface area contributed by atoms with E-state index >= 15 is 0 Å². The summed E-state index contributed by atoms with van der Waals surface area (Å²) in [5.74, 6) is -1.75. The van der Waals surface area contributed by atoms with Gasteiger partial charge < -0.3 is 0 Å². The maximum Gasteiger partial charge on any atom is 0.246 e. The fourth-order valence-electron chi connectivity index (χ4n) is 4.16. The molecule has 0 aromatic heterocycles. The maximum absolute atomic E-state index is 14.2. The predicted molar refractivity (Wildman–Crippen MR) is 89.1 cm³/mol. The van der Waals surface area contributed by atoms with Gasteiger partial charge in [0.25, 0.3) is 0 Å². The van der Waals surface area contributed by atoms with Crippen LogP contribution in [-0.4, -0.2) is 24.8 Å². The van der Waals surface area contributed by atoms with E-state index in [1.54, 1.807) is 4.31 Å². The molecule has 0 aliphatic heterocycles. The van der Waals surface area contributed by atoms with Gasteiger partial charge in [0.15, 0.2) is 0 Å². The Morgan fingerprint density at radius 1 is 0.833 bits per heavy atom. The second kappa shape index (κ2) is 7.48.